The number of fused-ring (bicyclic) bond motifs is 1. The number of rotatable bonds is 7. The van der Waals surface area contributed by atoms with Gasteiger partial charge in [0.15, 0.2) is 6.61 Å². The number of piperidine rings is 1. The molecule has 12 nitrogen and oxygen atoms in total. The van der Waals surface area contributed by atoms with Gasteiger partial charge in [-0.25, -0.2) is 4.79 Å². The molecule has 0 aromatic heterocycles. The molecule has 1 atom stereocenters. The number of benzene rings is 1. The summed E-state index contributed by atoms with van der Waals surface area (Å²) in [5.41, 5.74) is 5.46. The minimum Gasteiger partial charge on any atom is -0.483 e. The number of carbonyl (C=O) groups excluding carboxylic acids is 5. The van der Waals surface area contributed by atoms with Crippen molar-refractivity contribution in [2.45, 2.75) is 31.5 Å². The van der Waals surface area contributed by atoms with Crippen molar-refractivity contribution >= 4 is 35.5 Å². The maximum atomic E-state index is 12.9. The Labute approximate surface area is 195 Å². The van der Waals surface area contributed by atoms with E-state index >= 15 is 0 Å². The number of carboxylic acid groups (broad SMARTS) is 1. The molecule has 1 aromatic rings. The zero-order valence-corrected chi connectivity index (χ0v) is 18.0. The second-order valence-electron chi connectivity index (χ2n) is 7.21. The standard InChI is InChI=1S/C18H20N4O6.C2HF3O2/c19-7-2-8-20-14(24)9-28-12-4-1-3-10-15(12)18(27)22(17(10)26)11-5-6-13(23)21-16(11)25;3-2(4,5)1(6)7/h1,3-4,11H,2,5-9,19H2,(H,20,24)(H,21,23,25);(H,6,7). The molecule has 0 saturated carbocycles. The fraction of sp³-hybridized carbons (Fsp3) is 0.400. The van der Waals surface area contributed by atoms with Gasteiger partial charge in [-0.05, 0) is 31.5 Å². The summed E-state index contributed by atoms with van der Waals surface area (Å²) in [5, 5.41) is 11.9. The largest absolute Gasteiger partial charge is 0.490 e. The molecule has 2 aliphatic heterocycles. The van der Waals surface area contributed by atoms with Crippen molar-refractivity contribution < 1.29 is 51.8 Å². The lowest BCUT2D eigenvalue weighted by Gasteiger charge is -2.27. The van der Waals surface area contributed by atoms with Crippen LogP contribution in [0.2, 0.25) is 0 Å². The molecule has 2 heterocycles. The monoisotopic (exact) mass is 502 g/mol. The normalized spacial score (nSPS) is 17.3. The van der Waals surface area contributed by atoms with E-state index in [0.717, 1.165) is 4.90 Å². The van der Waals surface area contributed by atoms with Gasteiger partial charge in [0.1, 0.15) is 11.8 Å². The van der Waals surface area contributed by atoms with Crippen molar-refractivity contribution in [1.82, 2.24) is 15.5 Å². The zero-order valence-electron chi connectivity index (χ0n) is 18.0. The molecule has 2 aliphatic rings. The highest BCUT2D eigenvalue weighted by atomic mass is 19.4. The Kier molecular flexibility index (Phi) is 8.88. The third-order valence-corrected chi connectivity index (χ3v) is 4.73. The van der Waals surface area contributed by atoms with Crippen LogP contribution in [0.1, 0.15) is 40.0 Å². The van der Waals surface area contributed by atoms with Gasteiger partial charge in [-0.3, -0.25) is 34.2 Å². The van der Waals surface area contributed by atoms with Crippen molar-refractivity contribution in [3.05, 3.63) is 29.3 Å². The molecule has 0 radical (unpaired) electrons. The summed E-state index contributed by atoms with van der Waals surface area (Å²) in [7, 11) is 0. The number of aliphatic carboxylic acids is 1. The number of imide groups is 2. The van der Waals surface area contributed by atoms with Gasteiger partial charge in [-0.15, -0.1) is 0 Å². The first-order valence-corrected chi connectivity index (χ1v) is 10.1. The SMILES string of the molecule is NCCCNC(=O)COc1cccc2c1C(=O)N(C1CCC(=O)NC1=O)C2=O.O=C(O)C(F)(F)F. The van der Waals surface area contributed by atoms with Crippen LogP contribution >= 0.6 is 0 Å². The predicted molar refractivity (Wildman–Crippen MR) is 109 cm³/mol. The number of nitrogens with two attached hydrogens (primary N) is 1. The van der Waals surface area contributed by atoms with E-state index in [1.54, 1.807) is 0 Å². The first-order chi connectivity index (χ1) is 16.4. The summed E-state index contributed by atoms with van der Waals surface area (Å²) in [6.45, 7) is 0.521. The van der Waals surface area contributed by atoms with E-state index in [1.807, 2.05) is 0 Å². The first-order valence-electron chi connectivity index (χ1n) is 10.1. The van der Waals surface area contributed by atoms with Gasteiger partial charge in [0, 0.05) is 13.0 Å². The van der Waals surface area contributed by atoms with Gasteiger partial charge in [0.05, 0.1) is 11.1 Å². The minimum absolute atomic E-state index is 0.00644. The van der Waals surface area contributed by atoms with E-state index in [2.05, 4.69) is 10.6 Å². The van der Waals surface area contributed by atoms with Crippen LogP contribution in [0.4, 0.5) is 13.2 Å². The van der Waals surface area contributed by atoms with Crippen LogP contribution in [0.15, 0.2) is 18.2 Å². The molecule has 15 heteroatoms. The summed E-state index contributed by atoms with van der Waals surface area (Å²) in [4.78, 5) is 70.5. The summed E-state index contributed by atoms with van der Waals surface area (Å²) in [5.74, 6) is -5.51. The average molecular weight is 502 g/mol. The molecule has 5 N–H and O–H groups in total. The van der Waals surface area contributed by atoms with E-state index in [9.17, 15) is 37.1 Å². The predicted octanol–water partition coefficient (Wildman–Crippen LogP) is -0.435. The number of alkyl halides is 3. The second kappa shape index (κ2) is 11.4. The van der Waals surface area contributed by atoms with E-state index in [0.29, 0.717) is 19.5 Å². The number of nitrogens with one attached hydrogen (secondary N) is 2. The van der Waals surface area contributed by atoms with E-state index < -0.39 is 41.8 Å². The number of amides is 5. The van der Waals surface area contributed by atoms with Crippen LogP contribution in [0.5, 0.6) is 5.75 Å². The quantitative estimate of drug-likeness (QED) is 0.283. The van der Waals surface area contributed by atoms with Crippen LogP contribution in [-0.4, -0.2) is 77.4 Å². The van der Waals surface area contributed by atoms with Gasteiger partial charge in [-0.1, -0.05) is 6.07 Å². The zero-order chi connectivity index (χ0) is 26.3. The van der Waals surface area contributed by atoms with Crippen LogP contribution in [0.3, 0.4) is 0 Å². The van der Waals surface area contributed by atoms with Crippen LogP contribution in [0, 0.1) is 0 Å². The van der Waals surface area contributed by atoms with Gasteiger partial charge in [0.2, 0.25) is 11.8 Å². The highest BCUT2D eigenvalue weighted by Crippen LogP contribution is 2.33. The Hall–Kier alpha value is -4.01. The van der Waals surface area contributed by atoms with Gasteiger partial charge < -0.3 is 20.9 Å². The molecule has 5 amide bonds. The number of ether oxygens (including phenoxy) is 1. The Bertz CT molecular complexity index is 1040. The molecule has 1 unspecified atom stereocenters. The number of carbonyl (C=O) groups is 6. The minimum atomic E-state index is -5.08. The van der Waals surface area contributed by atoms with E-state index in [4.69, 9.17) is 20.4 Å². The molecule has 1 fully saturated rings. The highest BCUT2D eigenvalue weighted by molar-refractivity contribution is 6.24. The lowest BCUT2D eigenvalue weighted by molar-refractivity contribution is -0.192. The number of nitrogens with zero attached hydrogens (tertiary/aromatic N) is 1. The van der Waals surface area contributed by atoms with Crippen LogP contribution < -0.4 is 21.1 Å². The summed E-state index contributed by atoms with van der Waals surface area (Å²) in [6.07, 6.45) is -4.35. The Balaban J connectivity index is 0.000000540. The number of halogens is 3. The third kappa shape index (κ3) is 6.75. The molecule has 0 spiro atoms. The smallest absolute Gasteiger partial charge is 0.483 e. The Morgan fingerprint density at radius 1 is 1.20 bits per heavy atom. The molecule has 1 aromatic carbocycles. The fourth-order valence-electron chi connectivity index (χ4n) is 3.13. The van der Waals surface area contributed by atoms with E-state index in [-0.39, 0.29) is 42.2 Å². The number of hydrogen-bond acceptors (Lipinski definition) is 8. The molecule has 0 aliphatic carbocycles. The van der Waals surface area contributed by atoms with Crippen molar-refractivity contribution in [3.8, 4) is 5.75 Å². The second-order valence-corrected chi connectivity index (χ2v) is 7.21. The average Bonchev–Trinajstić information content (AvgIpc) is 3.03. The molecule has 190 valence electrons. The lowest BCUT2D eigenvalue weighted by atomic mass is 10.0. The van der Waals surface area contributed by atoms with Crippen molar-refractivity contribution in [2.75, 3.05) is 19.7 Å². The Morgan fingerprint density at radius 2 is 1.86 bits per heavy atom. The lowest BCUT2D eigenvalue weighted by Crippen LogP contribution is -2.54. The molecule has 0 bridgehead atoms. The van der Waals surface area contributed by atoms with Crippen LogP contribution in [-0.2, 0) is 19.2 Å². The van der Waals surface area contributed by atoms with Crippen LogP contribution in [0.25, 0.3) is 0 Å². The van der Waals surface area contributed by atoms with Gasteiger partial charge in [0.25, 0.3) is 17.7 Å². The summed E-state index contributed by atoms with van der Waals surface area (Å²) in [6, 6.07) is 3.40. The van der Waals surface area contributed by atoms with Gasteiger partial charge in [-0.2, -0.15) is 13.2 Å². The highest BCUT2D eigenvalue weighted by Gasteiger charge is 2.46. The molecular formula is C20H21F3N4O8. The number of carboxylic acids is 1. The van der Waals surface area contributed by atoms with Gasteiger partial charge >= 0.3 is 12.1 Å². The topological polar surface area (TPSA) is 185 Å². The fourth-order valence-corrected chi connectivity index (χ4v) is 3.13. The Morgan fingerprint density at radius 3 is 2.43 bits per heavy atom. The van der Waals surface area contributed by atoms with Crippen molar-refractivity contribution in [3.63, 3.8) is 0 Å². The molecule has 35 heavy (non-hydrogen) atoms. The third-order valence-electron chi connectivity index (χ3n) is 4.73. The van der Waals surface area contributed by atoms with E-state index in [1.165, 1.54) is 18.2 Å². The molecule has 1 saturated heterocycles. The maximum absolute atomic E-state index is 12.9. The maximum Gasteiger partial charge on any atom is 0.490 e. The van der Waals surface area contributed by atoms with Crippen molar-refractivity contribution in [2.24, 2.45) is 5.73 Å². The summed E-state index contributed by atoms with van der Waals surface area (Å²) >= 11 is 0. The number of hydrogen-bond donors (Lipinski definition) is 4. The first kappa shape index (κ1) is 27.2. The summed E-state index contributed by atoms with van der Waals surface area (Å²) < 4.78 is 37.2. The molecular weight excluding hydrogens is 481 g/mol. The molecule has 3 rings (SSSR count). The van der Waals surface area contributed by atoms with Crippen molar-refractivity contribution in [1.29, 1.82) is 0 Å².